The molecule has 1 aromatic heterocycles. The van der Waals surface area contributed by atoms with Gasteiger partial charge in [-0.1, -0.05) is 0 Å². The summed E-state index contributed by atoms with van der Waals surface area (Å²) < 4.78 is 0. The summed E-state index contributed by atoms with van der Waals surface area (Å²) in [6.07, 6.45) is 2.71. The molecule has 1 aromatic rings. The largest absolute Gasteiger partial charge is 0.396 e. The molecule has 2 aliphatic rings. The molecule has 3 heterocycles. The summed E-state index contributed by atoms with van der Waals surface area (Å²) in [5, 5.41) is 20.8. The summed E-state index contributed by atoms with van der Waals surface area (Å²) in [4.78, 5) is 16.7. The Hall–Kier alpha value is -1.42. The number of hydrogen-bond acceptors (Lipinski definition) is 5. The fourth-order valence-electron chi connectivity index (χ4n) is 3.36. The first-order valence-electron chi connectivity index (χ1n) is 7.38. The van der Waals surface area contributed by atoms with Crippen LogP contribution in [0.1, 0.15) is 24.8 Å². The van der Waals surface area contributed by atoms with Crippen LogP contribution in [0.4, 0.5) is 5.00 Å². The van der Waals surface area contributed by atoms with Crippen LogP contribution in [0, 0.1) is 17.2 Å². The first kappa shape index (κ1) is 14.5. The van der Waals surface area contributed by atoms with Gasteiger partial charge in [-0.25, -0.2) is 0 Å². The van der Waals surface area contributed by atoms with Gasteiger partial charge in [0.05, 0.1) is 11.6 Å². The molecule has 2 atom stereocenters. The van der Waals surface area contributed by atoms with Crippen LogP contribution in [0.3, 0.4) is 0 Å². The van der Waals surface area contributed by atoms with Crippen molar-refractivity contribution in [3.8, 4) is 6.07 Å². The van der Waals surface area contributed by atoms with Gasteiger partial charge in [-0.15, -0.1) is 11.3 Å². The van der Waals surface area contributed by atoms with Crippen LogP contribution in [-0.4, -0.2) is 48.2 Å². The van der Waals surface area contributed by atoms with Gasteiger partial charge in [0.15, 0.2) is 0 Å². The lowest BCUT2D eigenvalue weighted by Gasteiger charge is -2.23. The number of nitrogens with zero attached hydrogens (tertiary/aromatic N) is 3. The maximum absolute atomic E-state index is 12.7. The standard InChI is InChI=1S/C15H19N3O2S/c16-9-12-4-8-21-15(12)18-6-2-13(14(18)20)17-5-1-11(10-17)3-7-19/h4,8,11,13,19H,1-3,5-7,10H2/t11-,13-/m1/s1. The summed E-state index contributed by atoms with van der Waals surface area (Å²) in [6.45, 7) is 2.76. The predicted octanol–water partition coefficient (Wildman–Crippen LogP) is 1.43. The van der Waals surface area contributed by atoms with Crippen molar-refractivity contribution in [2.24, 2.45) is 5.92 Å². The van der Waals surface area contributed by atoms with Gasteiger partial charge < -0.3 is 10.0 Å². The molecule has 0 aromatic carbocycles. The van der Waals surface area contributed by atoms with Crippen molar-refractivity contribution in [1.29, 1.82) is 5.26 Å². The molecule has 2 aliphatic heterocycles. The molecule has 0 radical (unpaired) electrons. The van der Waals surface area contributed by atoms with Crippen LogP contribution in [0.25, 0.3) is 0 Å². The van der Waals surface area contributed by atoms with E-state index < -0.39 is 0 Å². The number of carbonyl (C=O) groups is 1. The van der Waals surface area contributed by atoms with Crippen molar-refractivity contribution >= 4 is 22.2 Å². The summed E-state index contributed by atoms with van der Waals surface area (Å²) in [6, 6.07) is 3.87. The number of hydrogen-bond donors (Lipinski definition) is 1. The third kappa shape index (κ3) is 2.69. The molecule has 0 aliphatic carbocycles. The molecule has 1 amide bonds. The van der Waals surface area contributed by atoms with Gasteiger partial charge in [-0.05, 0) is 43.2 Å². The van der Waals surface area contributed by atoms with Crippen LogP contribution in [0.5, 0.6) is 0 Å². The summed E-state index contributed by atoms with van der Waals surface area (Å²) >= 11 is 1.46. The minimum Gasteiger partial charge on any atom is -0.396 e. The Kier molecular flexibility index (Phi) is 4.24. The highest BCUT2D eigenvalue weighted by Crippen LogP contribution is 2.33. The first-order chi connectivity index (χ1) is 10.2. The van der Waals surface area contributed by atoms with E-state index in [1.165, 1.54) is 11.3 Å². The second-order valence-corrected chi connectivity index (χ2v) is 6.60. The Labute approximate surface area is 128 Å². The van der Waals surface area contributed by atoms with E-state index in [-0.39, 0.29) is 18.6 Å². The second kappa shape index (κ2) is 6.14. The zero-order valence-electron chi connectivity index (χ0n) is 11.9. The lowest BCUT2D eigenvalue weighted by Crippen LogP contribution is -2.40. The molecular weight excluding hydrogens is 286 g/mol. The van der Waals surface area contributed by atoms with Crippen molar-refractivity contribution in [2.45, 2.75) is 25.3 Å². The lowest BCUT2D eigenvalue weighted by molar-refractivity contribution is -0.121. The Balaban J connectivity index is 1.69. The van der Waals surface area contributed by atoms with E-state index in [1.54, 1.807) is 11.0 Å². The van der Waals surface area contributed by atoms with E-state index in [2.05, 4.69) is 11.0 Å². The van der Waals surface area contributed by atoms with E-state index in [0.29, 0.717) is 18.0 Å². The van der Waals surface area contributed by atoms with Gasteiger partial charge in [0, 0.05) is 19.7 Å². The fraction of sp³-hybridized carbons (Fsp3) is 0.600. The number of amides is 1. The van der Waals surface area contributed by atoms with E-state index in [0.717, 1.165) is 37.4 Å². The maximum atomic E-state index is 12.7. The van der Waals surface area contributed by atoms with Crippen LogP contribution < -0.4 is 4.90 Å². The molecule has 0 bridgehead atoms. The Morgan fingerprint density at radius 1 is 1.43 bits per heavy atom. The van der Waals surface area contributed by atoms with Gasteiger partial charge in [-0.3, -0.25) is 9.69 Å². The average Bonchev–Trinajstić information content (AvgIpc) is 3.17. The van der Waals surface area contributed by atoms with Crippen molar-refractivity contribution in [2.75, 3.05) is 31.1 Å². The number of aliphatic hydroxyl groups is 1. The monoisotopic (exact) mass is 305 g/mol. The smallest absolute Gasteiger partial charge is 0.245 e. The lowest BCUT2D eigenvalue weighted by atomic mass is 10.1. The third-order valence-corrected chi connectivity index (χ3v) is 5.42. The molecule has 21 heavy (non-hydrogen) atoms. The van der Waals surface area contributed by atoms with Crippen LogP contribution >= 0.6 is 11.3 Å². The molecule has 0 unspecified atom stereocenters. The van der Waals surface area contributed by atoms with E-state index in [4.69, 9.17) is 10.4 Å². The van der Waals surface area contributed by atoms with Crippen molar-refractivity contribution in [3.05, 3.63) is 17.0 Å². The number of likely N-dealkylation sites (tertiary alicyclic amines) is 1. The Morgan fingerprint density at radius 2 is 2.29 bits per heavy atom. The van der Waals surface area contributed by atoms with E-state index >= 15 is 0 Å². The molecule has 5 nitrogen and oxygen atoms in total. The van der Waals surface area contributed by atoms with Crippen molar-refractivity contribution in [1.82, 2.24) is 4.90 Å². The maximum Gasteiger partial charge on any atom is 0.245 e. The molecule has 3 rings (SSSR count). The normalized spacial score (nSPS) is 26.5. The quantitative estimate of drug-likeness (QED) is 0.914. The molecule has 2 saturated heterocycles. The van der Waals surface area contributed by atoms with Crippen molar-refractivity contribution in [3.63, 3.8) is 0 Å². The molecule has 2 fully saturated rings. The highest BCUT2D eigenvalue weighted by molar-refractivity contribution is 7.14. The SMILES string of the molecule is N#Cc1ccsc1N1CC[C@@H](N2CC[C@H](CCO)C2)C1=O. The minimum absolute atomic E-state index is 0.0534. The number of thiophene rings is 1. The molecule has 0 spiro atoms. The number of aliphatic hydroxyl groups excluding tert-OH is 1. The molecule has 0 saturated carbocycles. The zero-order chi connectivity index (χ0) is 14.8. The summed E-state index contributed by atoms with van der Waals surface area (Å²) in [5.41, 5.74) is 0.591. The van der Waals surface area contributed by atoms with Crippen LogP contribution in [-0.2, 0) is 4.79 Å². The highest BCUT2D eigenvalue weighted by Gasteiger charge is 2.40. The molecule has 112 valence electrons. The fourth-order valence-corrected chi connectivity index (χ4v) is 4.25. The van der Waals surface area contributed by atoms with Gasteiger partial charge in [0.2, 0.25) is 5.91 Å². The van der Waals surface area contributed by atoms with Gasteiger partial charge in [-0.2, -0.15) is 5.26 Å². The van der Waals surface area contributed by atoms with Crippen LogP contribution in [0.15, 0.2) is 11.4 Å². The number of anilines is 1. The molecular formula is C15H19N3O2S. The van der Waals surface area contributed by atoms with E-state index in [1.807, 2.05) is 5.38 Å². The third-order valence-electron chi connectivity index (χ3n) is 4.48. The van der Waals surface area contributed by atoms with Crippen molar-refractivity contribution < 1.29 is 9.90 Å². The average molecular weight is 305 g/mol. The summed E-state index contributed by atoms with van der Waals surface area (Å²) in [7, 11) is 0. The van der Waals surface area contributed by atoms with Gasteiger partial charge in [0.1, 0.15) is 11.1 Å². The number of carbonyl (C=O) groups excluding carboxylic acids is 1. The second-order valence-electron chi connectivity index (χ2n) is 5.71. The van der Waals surface area contributed by atoms with Gasteiger partial charge >= 0.3 is 0 Å². The topological polar surface area (TPSA) is 67.6 Å². The minimum atomic E-state index is -0.0534. The first-order valence-corrected chi connectivity index (χ1v) is 8.26. The number of nitriles is 1. The molecule has 1 N–H and O–H groups in total. The van der Waals surface area contributed by atoms with Crippen LogP contribution in [0.2, 0.25) is 0 Å². The van der Waals surface area contributed by atoms with Gasteiger partial charge in [0.25, 0.3) is 0 Å². The Bertz CT molecular complexity index is 566. The predicted molar refractivity (Wildman–Crippen MR) is 81.2 cm³/mol. The summed E-state index contributed by atoms with van der Waals surface area (Å²) in [5.74, 6) is 0.631. The molecule has 6 heteroatoms. The zero-order valence-corrected chi connectivity index (χ0v) is 12.7. The van der Waals surface area contributed by atoms with E-state index in [9.17, 15) is 4.79 Å². The Morgan fingerprint density at radius 3 is 3.05 bits per heavy atom. The number of rotatable bonds is 4. The highest BCUT2D eigenvalue weighted by atomic mass is 32.1.